The number of aldehydes is 1. The quantitative estimate of drug-likeness (QED) is 0.722. The van der Waals surface area contributed by atoms with Gasteiger partial charge < -0.3 is 4.79 Å². The Morgan fingerprint density at radius 1 is 1.37 bits per heavy atom. The normalized spacial score (nSPS) is 43.6. The number of rotatable bonds is 4. The van der Waals surface area contributed by atoms with Crippen LogP contribution in [0.3, 0.4) is 0 Å². The van der Waals surface area contributed by atoms with Crippen molar-refractivity contribution in [3.63, 3.8) is 0 Å². The Morgan fingerprint density at radius 3 is 2.58 bits per heavy atom. The lowest BCUT2D eigenvalue weighted by Crippen LogP contribution is -2.44. The van der Waals surface area contributed by atoms with Gasteiger partial charge in [-0.2, -0.15) is 0 Å². The summed E-state index contributed by atoms with van der Waals surface area (Å²) in [6, 6.07) is 0. The molecule has 0 amide bonds. The van der Waals surface area contributed by atoms with Crippen molar-refractivity contribution in [2.24, 2.45) is 35.0 Å². The molecule has 2 aliphatic rings. The van der Waals surface area contributed by atoms with Gasteiger partial charge in [-0.1, -0.05) is 27.2 Å². The summed E-state index contributed by atoms with van der Waals surface area (Å²) >= 11 is 0. The zero-order chi connectivity index (χ0) is 14.2. The van der Waals surface area contributed by atoms with Crippen LogP contribution in [0.25, 0.3) is 0 Å². The third-order valence-electron chi connectivity index (χ3n) is 6.34. The summed E-state index contributed by atoms with van der Waals surface area (Å²) in [7, 11) is 0. The van der Waals surface area contributed by atoms with Crippen molar-refractivity contribution < 1.29 is 9.59 Å². The topological polar surface area (TPSA) is 34.1 Å². The van der Waals surface area contributed by atoms with Gasteiger partial charge >= 0.3 is 0 Å². The first-order chi connectivity index (χ1) is 8.95. The summed E-state index contributed by atoms with van der Waals surface area (Å²) in [5.74, 6) is 2.62. The molecule has 0 saturated heterocycles. The molecule has 19 heavy (non-hydrogen) atoms. The molecule has 2 rings (SSSR count). The molecule has 0 aliphatic heterocycles. The number of hydrogen-bond acceptors (Lipinski definition) is 2. The number of hydrogen-bond donors (Lipinski definition) is 0. The lowest BCUT2D eigenvalue weighted by molar-refractivity contribution is -0.127. The molecule has 0 bridgehead atoms. The van der Waals surface area contributed by atoms with Gasteiger partial charge in [0.15, 0.2) is 0 Å². The summed E-state index contributed by atoms with van der Waals surface area (Å²) in [6.45, 7) is 8.42. The molecular weight excluding hydrogens is 236 g/mol. The van der Waals surface area contributed by atoms with E-state index < -0.39 is 0 Å². The number of ketones is 1. The average Bonchev–Trinajstić information content (AvgIpc) is 2.73. The van der Waals surface area contributed by atoms with Gasteiger partial charge in [0.1, 0.15) is 12.1 Å². The third kappa shape index (κ3) is 2.28. The van der Waals surface area contributed by atoms with Gasteiger partial charge in [-0.3, -0.25) is 4.79 Å². The molecular formula is C17H28O2. The van der Waals surface area contributed by atoms with Gasteiger partial charge in [-0.25, -0.2) is 0 Å². The summed E-state index contributed by atoms with van der Waals surface area (Å²) in [4.78, 5) is 23.1. The Bertz CT molecular complexity index is 362. The highest BCUT2D eigenvalue weighted by Crippen LogP contribution is 2.60. The largest absolute Gasteiger partial charge is 0.303 e. The number of carbonyl (C=O) groups is 2. The van der Waals surface area contributed by atoms with E-state index in [1.165, 1.54) is 6.42 Å². The van der Waals surface area contributed by atoms with Gasteiger partial charge in [0, 0.05) is 11.8 Å². The first-order valence-electron chi connectivity index (χ1n) is 7.91. The molecule has 0 N–H and O–H groups in total. The Balaban J connectivity index is 2.26. The minimum Gasteiger partial charge on any atom is -0.303 e. The van der Waals surface area contributed by atoms with E-state index in [2.05, 4.69) is 20.8 Å². The van der Waals surface area contributed by atoms with Crippen molar-refractivity contribution in [3.8, 4) is 0 Å². The van der Waals surface area contributed by atoms with Crippen LogP contribution in [0.2, 0.25) is 0 Å². The van der Waals surface area contributed by atoms with Gasteiger partial charge in [0.25, 0.3) is 0 Å². The van der Waals surface area contributed by atoms with Crippen molar-refractivity contribution in [2.45, 2.75) is 59.8 Å². The fourth-order valence-corrected chi connectivity index (χ4v) is 5.33. The van der Waals surface area contributed by atoms with Crippen molar-refractivity contribution >= 4 is 12.1 Å². The third-order valence-corrected chi connectivity index (χ3v) is 6.34. The van der Waals surface area contributed by atoms with Crippen LogP contribution in [0.4, 0.5) is 0 Å². The molecule has 2 saturated carbocycles. The summed E-state index contributed by atoms with van der Waals surface area (Å²) in [5, 5.41) is 0. The van der Waals surface area contributed by atoms with Crippen LogP contribution in [0.1, 0.15) is 59.8 Å². The molecule has 108 valence electrons. The number of Topliss-reactive ketones (excluding diaryl/α,β-unsaturated/α-hetero) is 1. The first kappa shape index (κ1) is 14.7. The van der Waals surface area contributed by atoms with Gasteiger partial charge in [0.05, 0.1) is 0 Å². The van der Waals surface area contributed by atoms with Crippen molar-refractivity contribution in [1.29, 1.82) is 0 Å². The molecule has 2 aliphatic carbocycles. The predicted molar refractivity (Wildman–Crippen MR) is 76.7 cm³/mol. The molecule has 0 radical (unpaired) electrons. The summed E-state index contributed by atoms with van der Waals surface area (Å²) in [6.07, 6.45) is 6.77. The molecule has 0 aromatic carbocycles. The van der Waals surface area contributed by atoms with Gasteiger partial charge in [-0.05, 0) is 55.8 Å². The van der Waals surface area contributed by atoms with E-state index >= 15 is 0 Å². The Hall–Kier alpha value is -0.660. The molecule has 6 atom stereocenters. The fourth-order valence-electron chi connectivity index (χ4n) is 5.33. The van der Waals surface area contributed by atoms with E-state index in [-0.39, 0.29) is 17.3 Å². The van der Waals surface area contributed by atoms with Crippen molar-refractivity contribution in [1.82, 2.24) is 0 Å². The molecule has 2 heteroatoms. The smallest absolute Gasteiger partial charge is 0.133 e. The van der Waals surface area contributed by atoms with E-state index in [4.69, 9.17) is 0 Å². The van der Waals surface area contributed by atoms with E-state index in [0.29, 0.717) is 23.5 Å². The Labute approximate surface area is 117 Å². The van der Waals surface area contributed by atoms with Crippen molar-refractivity contribution in [3.05, 3.63) is 0 Å². The minimum absolute atomic E-state index is 0.172. The monoisotopic (exact) mass is 264 g/mol. The van der Waals surface area contributed by atoms with Crippen LogP contribution in [0, 0.1) is 35.0 Å². The van der Waals surface area contributed by atoms with E-state index in [9.17, 15) is 9.59 Å². The lowest BCUT2D eigenvalue weighted by Gasteiger charge is -2.49. The molecule has 2 nitrogen and oxygen atoms in total. The predicted octanol–water partition coefficient (Wildman–Crippen LogP) is 3.88. The zero-order valence-electron chi connectivity index (χ0n) is 12.8. The van der Waals surface area contributed by atoms with E-state index in [1.807, 2.05) is 0 Å². The average molecular weight is 264 g/mol. The number of fused-ring (bicyclic) bond motifs is 1. The SMILES string of the molecule is CC[C@@H]1[C@@H](C(C)C=O)CC[C@]2(C)[C@H](C(C)=O)CC[C@@H]12. The van der Waals surface area contributed by atoms with Gasteiger partial charge in [0.2, 0.25) is 0 Å². The molecule has 0 aromatic heterocycles. The highest BCUT2D eigenvalue weighted by atomic mass is 16.1. The second-order valence-corrected chi connectivity index (χ2v) is 7.12. The molecule has 0 heterocycles. The standard InChI is InChI=1S/C17H28O2/c1-5-13-14(11(2)10-18)8-9-17(4)15(12(3)19)6-7-16(13)17/h10-11,13-16H,5-9H2,1-4H3/t11?,13-,14-,15+,16+,17-/m1/s1. The maximum atomic E-state index is 11.9. The maximum absolute atomic E-state index is 11.9. The van der Waals surface area contributed by atoms with Crippen LogP contribution < -0.4 is 0 Å². The van der Waals surface area contributed by atoms with Crippen LogP contribution >= 0.6 is 0 Å². The van der Waals surface area contributed by atoms with Crippen LogP contribution in [-0.4, -0.2) is 12.1 Å². The van der Waals surface area contributed by atoms with E-state index in [1.54, 1.807) is 6.92 Å². The number of carbonyl (C=O) groups excluding carboxylic acids is 2. The maximum Gasteiger partial charge on any atom is 0.133 e. The Kier molecular flexibility index (Phi) is 4.17. The van der Waals surface area contributed by atoms with E-state index in [0.717, 1.165) is 32.0 Å². The highest BCUT2D eigenvalue weighted by Gasteiger charge is 2.54. The molecule has 2 fully saturated rings. The first-order valence-corrected chi connectivity index (χ1v) is 7.91. The van der Waals surface area contributed by atoms with Crippen LogP contribution in [0.5, 0.6) is 0 Å². The molecule has 0 spiro atoms. The van der Waals surface area contributed by atoms with Gasteiger partial charge in [-0.15, -0.1) is 0 Å². The van der Waals surface area contributed by atoms with Crippen molar-refractivity contribution in [2.75, 3.05) is 0 Å². The summed E-state index contributed by atoms with van der Waals surface area (Å²) < 4.78 is 0. The highest BCUT2D eigenvalue weighted by molar-refractivity contribution is 5.79. The molecule has 1 unspecified atom stereocenters. The van der Waals surface area contributed by atoms with Crippen LogP contribution in [0.15, 0.2) is 0 Å². The second kappa shape index (κ2) is 5.38. The lowest BCUT2D eigenvalue weighted by atomic mass is 9.55. The summed E-state index contributed by atoms with van der Waals surface area (Å²) in [5.41, 5.74) is 0.200. The molecule has 0 aromatic rings. The fraction of sp³-hybridized carbons (Fsp3) is 0.882. The minimum atomic E-state index is 0.172. The zero-order valence-corrected chi connectivity index (χ0v) is 12.8. The van der Waals surface area contributed by atoms with Crippen LogP contribution in [-0.2, 0) is 9.59 Å². The second-order valence-electron chi connectivity index (χ2n) is 7.12. The Morgan fingerprint density at radius 2 is 2.05 bits per heavy atom.